The normalized spacial score (nSPS) is 16.5. The average molecular weight is 332 g/mol. The molecule has 4 nitrogen and oxygen atoms in total. The Kier molecular flexibility index (Phi) is 7.80. The molecule has 2 rings (SSSR count). The number of carboxylic acid groups (broad SMARTS) is 1. The molecule has 1 aromatic carbocycles. The van der Waals surface area contributed by atoms with Gasteiger partial charge in [0.15, 0.2) is 0 Å². The topological polar surface area (TPSA) is 63.6 Å². The van der Waals surface area contributed by atoms with Gasteiger partial charge < -0.3 is 9.84 Å². The lowest BCUT2D eigenvalue weighted by Crippen LogP contribution is -2.20. The van der Waals surface area contributed by atoms with Gasteiger partial charge in [0.25, 0.3) is 0 Å². The highest BCUT2D eigenvalue weighted by Gasteiger charge is 2.23. The zero-order chi connectivity index (χ0) is 17.2. The molecule has 1 fully saturated rings. The Hall–Kier alpha value is -1.84. The second kappa shape index (κ2) is 10.1. The van der Waals surface area contributed by atoms with E-state index in [0.29, 0.717) is 6.42 Å². The molecule has 0 radical (unpaired) electrons. The number of carbonyl (C=O) groups excluding carboxylic acids is 1. The van der Waals surface area contributed by atoms with Gasteiger partial charge in [-0.25, -0.2) is 0 Å². The van der Waals surface area contributed by atoms with Crippen LogP contribution in [0, 0.1) is 11.8 Å². The number of hydrogen-bond donors (Lipinski definition) is 1. The summed E-state index contributed by atoms with van der Waals surface area (Å²) in [4.78, 5) is 23.3. The monoisotopic (exact) mass is 332 g/mol. The molecule has 4 heteroatoms. The van der Waals surface area contributed by atoms with Crippen LogP contribution in [0.15, 0.2) is 30.3 Å². The molecule has 0 bridgehead atoms. The lowest BCUT2D eigenvalue weighted by molar-refractivity contribution is -0.152. The van der Waals surface area contributed by atoms with Gasteiger partial charge in [-0.1, -0.05) is 75.3 Å². The second-order valence-corrected chi connectivity index (χ2v) is 6.82. The Labute approximate surface area is 144 Å². The van der Waals surface area contributed by atoms with E-state index in [0.717, 1.165) is 24.3 Å². The number of carbonyl (C=O) groups is 2. The number of ether oxygens (including phenoxy) is 1. The summed E-state index contributed by atoms with van der Waals surface area (Å²) in [6.07, 6.45) is 8.99. The predicted octanol–water partition coefficient (Wildman–Crippen LogP) is 4.57. The van der Waals surface area contributed by atoms with Crippen LogP contribution < -0.4 is 0 Å². The molecule has 0 heterocycles. The minimum Gasteiger partial charge on any atom is -0.481 e. The van der Waals surface area contributed by atoms with E-state index >= 15 is 0 Å². The molecule has 132 valence electrons. The molecule has 0 spiro atoms. The van der Waals surface area contributed by atoms with Crippen LogP contribution in [-0.2, 0) is 20.9 Å². The van der Waals surface area contributed by atoms with Crippen LogP contribution >= 0.6 is 0 Å². The fourth-order valence-corrected chi connectivity index (χ4v) is 3.44. The van der Waals surface area contributed by atoms with Crippen LogP contribution in [0.2, 0.25) is 0 Å². The molecular weight excluding hydrogens is 304 g/mol. The van der Waals surface area contributed by atoms with Crippen LogP contribution in [0.4, 0.5) is 0 Å². The summed E-state index contributed by atoms with van der Waals surface area (Å²) < 4.78 is 5.20. The summed E-state index contributed by atoms with van der Waals surface area (Å²) in [6, 6.07) is 9.43. The summed E-state index contributed by atoms with van der Waals surface area (Å²) >= 11 is 0. The Balaban J connectivity index is 1.69. The highest BCUT2D eigenvalue weighted by atomic mass is 16.5. The summed E-state index contributed by atoms with van der Waals surface area (Å²) in [5, 5.41) is 9.34. The number of aliphatic carboxylic acids is 1. The quantitative estimate of drug-likeness (QED) is 0.673. The Bertz CT molecular complexity index is 506. The Morgan fingerprint density at radius 2 is 1.83 bits per heavy atom. The number of esters is 1. The fraction of sp³-hybridized carbons (Fsp3) is 0.600. The molecule has 1 N–H and O–H groups in total. The van der Waals surface area contributed by atoms with Crippen LogP contribution in [0.1, 0.15) is 63.4 Å². The molecule has 1 aromatic rings. The maximum absolute atomic E-state index is 11.9. The number of rotatable bonds is 9. The van der Waals surface area contributed by atoms with Gasteiger partial charge in [-0.3, -0.25) is 9.59 Å². The first-order valence-electron chi connectivity index (χ1n) is 9.07. The molecule has 1 unspecified atom stereocenters. The van der Waals surface area contributed by atoms with Crippen molar-refractivity contribution in [3.63, 3.8) is 0 Å². The van der Waals surface area contributed by atoms with Gasteiger partial charge in [0.1, 0.15) is 6.61 Å². The zero-order valence-electron chi connectivity index (χ0n) is 14.3. The van der Waals surface area contributed by atoms with Crippen molar-refractivity contribution in [3.8, 4) is 0 Å². The standard InChI is InChI=1S/C20H28O4/c21-19(24-15-17-10-5-2-6-11-17)14-18(20(22)23)13-7-12-16-8-3-1-4-9-16/h2,5-6,10-11,16,18H,1,3-4,7-9,12-15H2,(H,22,23). The summed E-state index contributed by atoms with van der Waals surface area (Å²) in [5.74, 6) is -1.20. The molecule has 24 heavy (non-hydrogen) atoms. The highest BCUT2D eigenvalue weighted by Crippen LogP contribution is 2.28. The Morgan fingerprint density at radius 1 is 1.12 bits per heavy atom. The van der Waals surface area contributed by atoms with E-state index in [1.54, 1.807) is 0 Å². The van der Waals surface area contributed by atoms with Gasteiger partial charge in [-0.05, 0) is 17.9 Å². The van der Waals surface area contributed by atoms with Crippen molar-refractivity contribution in [1.82, 2.24) is 0 Å². The van der Waals surface area contributed by atoms with E-state index in [4.69, 9.17) is 4.74 Å². The minimum absolute atomic E-state index is 0.0349. The van der Waals surface area contributed by atoms with Crippen LogP contribution in [-0.4, -0.2) is 17.0 Å². The summed E-state index contributed by atoms with van der Waals surface area (Å²) in [7, 11) is 0. The zero-order valence-corrected chi connectivity index (χ0v) is 14.3. The van der Waals surface area contributed by atoms with Crippen LogP contribution in [0.25, 0.3) is 0 Å². The first kappa shape index (κ1) is 18.5. The molecular formula is C20H28O4. The van der Waals surface area contributed by atoms with E-state index in [2.05, 4.69) is 0 Å². The maximum Gasteiger partial charge on any atom is 0.307 e. The highest BCUT2D eigenvalue weighted by molar-refractivity contribution is 5.78. The van der Waals surface area contributed by atoms with E-state index in [1.807, 2.05) is 30.3 Å². The van der Waals surface area contributed by atoms with Crippen molar-refractivity contribution in [3.05, 3.63) is 35.9 Å². The van der Waals surface area contributed by atoms with Crippen LogP contribution in [0.5, 0.6) is 0 Å². The van der Waals surface area contributed by atoms with E-state index < -0.39 is 17.9 Å². The van der Waals surface area contributed by atoms with Gasteiger partial charge in [0, 0.05) is 0 Å². The van der Waals surface area contributed by atoms with Crippen LogP contribution in [0.3, 0.4) is 0 Å². The first-order valence-corrected chi connectivity index (χ1v) is 9.07. The number of hydrogen-bond acceptors (Lipinski definition) is 3. The molecule has 0 saturated heterocycles. The fourth-order valence-electron chi connectivity index (χ4n) is 3.44. The van der Waals surface area contributed by atoms with Gasteiger partial charge in [0.2, 0.25) is 0 Å². The average Bonchev–Trinajstić information content (AvgIpc) is 2.61. The summed E-state index contributed by atoms with van der Waals surface area (Å²) in [5.41, 5.74) is 0.912. The molecule has 1 atom stereocenters. The first-order chi connectivity index (χ1) is 11.6. The molecule has 0 aromatic heterocycles. The third kappa shape index (κ3) is 6.73. The second-order valence-electron chi connectivity index (χ2n) is 6.82. The number of benzene rings is 1. The molecule has 0 aliphatic heterocycles. The van der Waals surface area contributed by atoms with E-state index in [9.17, 15) is 14.7 Å². The lowest BCUT2D eigenvalue weighted by atomic mass is 9.84. The van der Waals surface area contributed by atoms with Crippen molar-refractivity contribution in [2.75, 3.05) is 0 Å². The summed E-state index contributed by atoms with van der Waals surface area (Å²) in [6.45, 7) is 0.202. The molecule has 0 amide bonds. The van der Waals surface area contributed by atoms with Crippen molar-refractivity contribution in [2.24, 2.45) is 11.8 Å². The van der Waals surface area contributed by atoms with Gasteiger partial charge in [-0.15, -0.1) is 0 Å². The van der Waals surface area contributed by atoms with E-state index in [1.165, 1.54) is 32.1 Å². The smallest absolute Gasteiger partial charge is 0.307 e. The van der Waals surface area contributed by atoms with Crippen molar-refractivity contribution < 1.29 is 19.4 Å². The lowest BCUT2D eigenvalue weighted by Gasteiger charge is -2.22. The number of carboxylic acids is 1. The van der Waals surface area contributed by atoms with Gasteiger partial charge in [-0.2, -0.15) is 0 Å². The third-order valence-electron chi connectivity index (χ3n) is 4.89. The minimum atomic E-state index is -0.893. The largest absolute Gasteiger partial charge is 0.481 e. The van der Waals surface area contributed by atoms with Gasteiger partial charge >= 0.3 is 11.9 Å². The molecule has 1 aliphatic rings. The molecule has 1 saturated carbocycles. The van der Waals surface area contributed by atoms with Crippen molar-refractivity contribution >= 4 is 11.9 Å². The van der Waals surface area contributed by atoms with Gasteiger partial charge in [0.05, 0.1) is 12.3 Å². The third-order valence-corrected chi connectivity index (χ3v) is 4.89. The Morgan fingerprint density at radius 3 is 2.50 bits per heavy atom. The van der Waals surface area contributed by atoms with E-state index in [-0.39, 0.29) is 13.0 Å². The SMILES string of the molecule is O=C(CC(CCCC1CCCCC1)C(=O)O)OCc1ccccc1. The van der Waals surface area contributed by atoms with Crippen molar-refractivity contribution in [1.29, 1.82) is 0 Å². The maximum atomic E-state index is 11.9. The predicted molar refractivity (Wildman–Crippen MR) is 92.4 cm³/mol. The van der Waals surface area contributed by atoms with Crippen molar-refractivity contribution in [2.45, 2.75) is 64.4 Å². The molecule has 1 aliphatic carbocycles.